The molecule has 0 aliphatic carbocycles. The lowest BCUT2D eigenvalue weighted by Gasteiger charge is -2.09. The number of phenolic OH excluding ortho intramolecular Hbond substituents is 1. The van der Waals surface area contributed by atoms with Crippen molar-refractivity contribution in [2.75, 3.05) is 7.11 Å². The SMILES string of the molecule is COc1ccc(C#N)cc1-c1ccc(O)c(Cl)c1. The lowest BCUT2D eigenvalue weighted by molar-refractivity contribution is 0.416. The Labute approximate surface area is 110 Å². The van der Waals surface area contributed by atoms with E-state index in [-0.39, 0.29) is 10.8 Å². The molecule has 0 aromatic heterocycles. The maximum Gasteiger partial charge on any atom is 0.134 e. The molecule has 0 unspecified atom stereocenters. The Morgan fingerprint density at radius 2 is 2.00 bits per heavy atom. The number of nitrogens with zero attached hydrogens (tertiary/aromatic N) is 1. The second-order valence-electron chi connectivity index (χ2n) is 3.69. The van der Waals surface area contributed by atoms with Gasteiger partial charge in [-0.3, -0.25) is 0 Å². The van der Waals surface area contributed by atoms with Gasteiger partial charge in [0.25, 0.3) is 0 Å². The Hall–Kier alpha value is -2.18. The Morgan fingerprint density at radius 1 is 1.22 bits per heavy atom. The molecule has 3 nitrogen and oxygen atoms in total. The van der Waals surface area contributed by atoms with Crippen molar-refractivity contribution in [3.05, 3.63) is 47.0 Å². The van der Waals surface area contributed by atoms with E-state index in [0.717, 1.165) is 11.1 Å². The summed E-state index contributed by atoms with van der Waals surface area (Å²) in [5, 5.41) is 18.6. The molecular weight excluding hydrogens is 250 g/mol. The Balaban J connectivity index is 2.61. The maximum atomic E-state index is 9.40. The van der Waals surface area contributed by atoms with Crippen molar-refractivity contribution in [1.29, 1.82) is 5.26 Å². The monoisotopic (exact) mass is 259 g/mol. The summed E-state index contributed by atoms with van der Waals surface area (Å²) in [7, 11) is 1.56. The number of phenols is 1. The minimum atomic E-state index is 0.0239. The first-order chi connectivity index (χ1) is 8.65. The first-order valence-electron chi connectivity index (χ1n) is 5.22. The van der Waals surface area contributed by atoms with Gasteiger partial charge in [-0.1, -0.05) is 17.7 Å². The fraction of sp³-hybridized carbons (Fsp3) is 0.0714. The fourth-order valence-electron chi connectivity index (χ4n) is 1.68. The second kappa shape index (κ2) is 4.99. The molecule has 2 aromatic rings. The van der Waals surface area contributed by atoms with E-state index in [1.807, 2.05) is 0 Å². The Morgan fingerprint density at radius 3 is 2.61 bits per heavy atom. The van der Waals surface area contributed by atoms with Gasteiger partial charge in [0.2, 0.25) is 0 Å². The predicted molar refractivity (Wildman–Crippen MR) is 69.8 cm³/mol. The second-order valence-corrected chi connectivity index (χ2v) is 4.10. The van der Waals surface area contributed by atoms with Gasteiger partial charge < -0.3 is 9.84 Å². The number of hydrogen-bond acceptors (Lipinski definition) is 3. The zero-order valence-electron chi connectivity index (χ0n) is 9.64. The van der Waals surface area contributed by atoms with Crippen molar-refractivity contribution in [1.82, 2.24) is 0 Å². The van der Waals surface area contributed by atoms with E-state index in [4.69, 9.17) is 21.6 Å². The van der Waals surface area contributed by atoms with Gasteiger partial charge in [0.05, 0.1) is 23.8 Å². The summed E-state index contributed by atoms with van der Waals surface area (Å²) in [6.45, 7) is 0. The molecule has 0 saturated carbocycles. The van der Waals surface area contributed by atoms with Crippen LogP contribution in [0.15, 0.2) is 36.4 Å². The molecule has 2 rings (SSSR count). The summed E-state index contributed by atoms with van der Waals surface area (Å²) in [4.78, 5) is 0. The largest absolute Gasteiger partial charge is 0.506 e. The molecule has 0 spiro atoms. The molecule has 2 aromatic carbocycles. The highest BCUT2D eigenvalue weighted by atomic mass is 35.5. The van der Waals surface area contributed by atoms with E-state index in [9.17, 15) is 5.11 Å². The zero-order chi connectivity index (χ0) is 13.1. The van der Waals surface area contributed by atoms with Gasteiger partial charge in [-0.05, 0) is 35.9 Å². The third kappa shape index (κ3) is 2.24. The lowest BCUT2D eigenvalue weighted by Crippen LogP contribution is -1.89. The van der Waals surface area contributed by atoms with Gasteiger partial charge in [0.15, 0.2) is 0 Å². The molecule has 0 aliphatic heterocycles. The van der Waals surface area contributed by atoms with Crippen LogP contribution in [0.1, 0.15) is 5.56 Å². The van der Waals surface area contributed by atoms with Crippen LogP contribution < -0.4 is 4.74 Å². The number of aromatic hydroxyl groups is 1. The third-order valence-corrected chi connectivity index (χ3v) is 2.89. The average molecular weight is 260 g/mol. The smallest absolute Gasteiger partial charge is 0.134 e. The molecule has 4 heteroatoms. The van der Waals surface area contributed by atoms with Crippen LogP contribution in [-0.4, -0.2) is 12.2 Å². The Kier molecular flexibility index (Phi) is 3.40. The highest BCUT2D eigenvalue weighted by Crippen LogP contribution is 2.34. The van der Waals surface area contributed by atoms with Crippen molar-refractivity contribution in [2.24, 2.45) is 0 Å². The minimum Gasteiger partial charge on any atom is -0.506 e. The highest BCUT2D eigenvalue weighted by Gasteiger charge is 2.09. The summed E-state index contributed by atoms with van der Waals surface area (Å²) < 4.78 is 5.25. The van der Waals surface area contributed by atoms with E-state index in [1.54, 1.807) is 37.4 Å². The van der Waals surface area contributed by atoms with Crippen LogP contribution in [0.5, 0.6) is 11.5 Å². The summed E-state index contributed by atoms with van der Waals surface area (Å²) in [5.74, 6) is 0.673. The van der Waals surface area contributed by atoms with E-state index in [0.29, 0.717) is 11.3 Å². The first-order valence-corrected chi connectivity index (χ1v) is 5.60. The van der Waals surface area contributed by atoms with Gasteiger partial charge >= 0.3 is 0 Å². The van der Waals surface area contributed by atoms with E-state index in [2.05, 4.69) is 6.07 Å². The normalized spacial score (nSPS) is 9.83. The average Bonchev–Trinajstić information content (AvgIpc) is 2.41. The molecule has 90 valence electrons. The topological polar surface area (TPSA) is 53.2 Å². The van der Waals surface area contributed by atoms with Crippen LogP contribution in [0.4, 0.5) is 0 Å². The van der Waals surface area contributed by atoms with Gasteiger partial charge in [-0.2, -0.15) is 5.26 Å². The molecule has 0 saturated heterocycles. The van der Waals surface area contributed by atoms with E-state index >= 15 is 0 Å². The summed E-state index contributed by atoms with van der Waals surface area (Å²) >= 11 is 5.88. The fourth-order valence-corrected chi connectivity index (χ4v) is 1.86. The molecule has 0 radical (unpaired) electrons. The van der Waals surface area contributed by atoms with Crippen LogP contribution in [0.3, 0.4) is 0 Å². The van der Waals surface area contributed by atoms with Crippen LogP contribution in [0.25, 0.3) is 11.1 Å². The van der Waals surface area contributed by atoms with Gasteiger partial charge in [-0.25, -0.2) is 0 Å². The Bertz CT molecular complexity index is 632. The molecule has 0 fully saturated rings. The quantitative estimate of drug-likeness (QED) is 0.897. The van der Waals surface area contributed by atoms with Gasteiger partial charge in [0, 0.05) is 5.56 Å². The molecule has 0 atom stereocenters. The maximum absolute atomic E-state index is 9.40. The molecule has 0 heterocycles. The number of ether oxygens (including phenoxy) is 1. The van der Waals surface area contributed by atoms with Crippen molar-refractivity contribution in [3.8, 4) is 28.7 Å². The van der Waals surface area contributed by atoms with Crippen molar-refractivity contribution in [3.63, 3.8) is 0 Å². The van der Waals surface area contributed by atoms with Crippen molar-refractivity contribution < 1.29 is 9.84 Å². The molecule has 0 bridgehead atoms. The predicted octanol–water partition coefficient (Wildman–Crippen LogP) is 3.59. The summed E-state index contributed by atoms with van der Waals surface area (Å²) in [6, 6.07) is 12.1. The zero-order valence-corrected chi connectivity index (χ0v) is 10.4. The molecular formula is C14H10ClNO2. The first kappa shape index (κ1) is 12.3. The number of rotatable bonds is 2. The number of methoxy groups -OCH3 is 1. The molecule has 18 heavy (non-hydrogen) atoms. The number of nitriles is 1. The van der Waals surface area contributed by atoms with Crippen molar-refractivity contribution in [2.45, 2.75) is 0 Å². The lowest BCUT2D eigenvalue weighted by atomic mass is 10.0. The molecule has 1 N–H and O–H groups in total. The third-order valence-electron chi connectivity index (χ3n) is 2.59. The van der Waals surface area contributed by atoms with Crippen LogP contribution in [-0.2, 0) is 0 Å². The van der Waals surface area contributed by atoms with E-state index in [1.165, 1.54) is 6.07 Å². The van der Waals surface area contributed by atoms with Gasteiger partial charge in [0.1, 0.15) is 11.5 Å². The number of halogens is 1. The van der Waals surface area contributed by atoms with Crippen molar-refractivity contribution >= 4 is 11.6 Å². The number of hydrogen-bond donors (Lipinski definition) is 1. The van der Waals surface area contributed by atoms with Crippen LogP contribution in [0.2, 0.25) is 5.02 Å². The number of benzene rings is 2. The van der Waals surface area contributed by atoms with E-state index < -0.39 is 0 Å². The molecule has 0 aliphatic rings. The summed E-state index contributed by atoms with van der Waals surface area (Å²) in [6.07, 6.45) is 0. The van der Waals surface area contributed by atoms with Crippen LogP contribution >= 0.6 is 11.6 Å². The summed E-state index contributed by atoms with van der Waals surface area (Å²) in [5.41, 5.74) is 2.08. The standard InChI is InChI=1S/C14H10ClNO2/c1-18-14-5-2-9(8-16)6-11(14)10-3-4-13(17)12(15)7-10/h2-7,17H,1H3. The van der Waals surface area contributed by atoms with Crippen LogP contribution in [0, 0.1) is 11.3 Å². The molecule has 0 amide bonds. The van der Waals surface area contributed by atoms with Gasteiger partial charge in [-0.15, -0.1) is 0 Å². The minimum absolute atomic E-state index is 0.0239. The highest BCUT2D eigenvalue weighted by molar-refractivity contribution is 6.32.